The van der Waals surface area contributed by atoms with E-state index < -0.39 is 40.9 Å². The highest BCUT2D eigenvalue weighted by atomic mass is 16.6. The highest BCUT2D eigenvalue weighted by molar-refractivity contribution is 6.01. The number of fused-ring (bicyclic) bond motifs is 1. The number of rotatable bonds is 4. The number of ketones is 1. The summed E-state index contributed by atoms with van der Waals surface area (Å²) < 4.78 is 5.42. The topological polar surface area (TPSA) is 124 Å². The van der Waals surface area contributed by atoms with Crippen molar-refractivity contribution in [3.05, 3.63) is 11.1 Å². The first-order chi connectivity index (χ1) is 12.2. The third-order valence-corrected chi connectivity index (χ3v) is 6.50. The van der Waals surface area contributed by atoms with E-state index in [4.69, 9.17) is 4.74 Å². The normalized spacial score (nSPS) is 37.7. The van der Waals surface area contributed by atoms with Gasteiger partial charge in [-0.3, -0.25) is 4.79 Å². The molecule has 6 atom stereocenters. The van der Waals surface area contributed by atoms with Gasteiger partial charge in [0.15, 0.2) is 11.4 Å². The largest absolute Gasteiger partial charge is 0.457 e. The lowest BCUT2D eigenvalue weighted by Gasteiger charge is -2.43. The SMILES string of the molecule is CC1=C2C(=O)[C@H](C(C)C)C[C@H](OC(=O)[C@](C)(O)[C@H](C)O)[C@](C)(O)[C@]2(O)CC1. The van der Waals surface area contributed by atoms with E-state index in [0.717, 1.165) is 12.5 Å². The first kappa shape index (κ1) is 22.0. The van der Waals surface area contributed by atoms with Crippen molar-refractivity contribution in [2.75, 3.05) is 0 Å². The molecule has 1 saturated carbocycles. The Morgan fingerprint density at radius 1 is 1.30 bits per heavy atom. The minimum atomic E-state index is -2.17. The molecule has 2 rings (SSSR count). The quantitative estimate of drug-likeness (QED) is 0.530. The summed E-state index contributed by atoms with van der Waals surface area (Å²) >= 11 is 0. The Morgan fingerprint density at radius 3 is 2.33 bits per heavy atom. The maximum atomic E-state index is 13.1. The smallest absolute Gasteiger partial charge is 0.340 e. The van der Waals surface area contributed by atoms with E-state index in [1.165, 1.54) is 13.8 Å². The second kappa shape index (κ2) is 6.95. The number of aliphatic hydroxyl groups is 4. The van der Waals surface area contributed by atoms with Gasteiger partial charge in [0.25, 0.3) is 0 Å². The average Bonchev–Trinajstić information content (AvgIpc) is 2.83. The summed E-state index contributed by atoms with van der Waals surface area (Å²) in [7, 11) is 0. The second-order valence-corrected chi connectivity index (χ2v) is 8.83. The number of carbonyl (C=O) groups is 2. The fourth-order valence-corrected chi connectivity index (χ4v) is 4.07. The van der Waals surface area contributed by atoms with Gasteiger partial charge in [-0.2, -0.15) is 0 Å². The summed E-state index contributed by atoms with van der Waals surface area (Å²) in [6.45, 7) is 9.21. The Labute approximate surface area is 160 Å². The highest BCUT2D eigenvalue weighted by Gasteiger charge is 2.62. The monoisotopic (exact) mass is 384 g/mol. The van der Waals surface area contributed by atoms with Crippen molar-refractivity contribution >= 4 is 11.8 Å². The van der Waals surface area contributed by atoms with Gasteiger partial charge in [-0.1, -0.05) is 19.4 Å². The molecule has 7 heteroatoms. The molecule has 2 aliphatic rings. The first-order valence-electron chi connectivity index (χ1n) is 9.48. The van der Waals surface area contributed by atoms with Crippen LogP contribution in [0.5, 0.6) is 0 Å². The Balaban J connectivity index is 2.52. The third kappa shape index (κ3) is 3.35. The summed E-state index contributed by atoms with van der Waals surface area (Å²) in [5.74, 6) is -2.00. The van der Waals surface area contributed by atoms with Gasteiger partial charge in [-0.05, 0) is 52.9 Å². The van der Waals surface area contributed by atoms with Gasteiger partial charge in [0.1, 0.15) is 17.3 Å². The van der Waals surface area contributed by atoms with Crippen LogP contribution in [0.2, 0.25) is 0 Å². The molecule has 1 fully saturated rings. The molecule has 154 valence electrons. The zero-order valence-corrected chi connectivity index (χ0v) is 16.9. The van der Waals surface area contributed by atoms with E-state index in [0.29, 0.717) is 6.42 Å². The maximum Gasteiger partial charge on any atom is 0.340 e. The number of allylic oxidation sites excluding steroid dienone is 1. The lowest BCUT2D eigenvalue weighted by Crippen LogP contribution is -2.61. The first-order valence-corrected chi connectivity index (χ1v) is 9.48. The highest BCUT2D eigenvalue weighted by Crippen LogP contribution is 2.50. The molecule has 0 heterocycles. The van der Waals surface area contributed by atoms with Crippen molar-refractivity contribution in [1.82, 2.24) is 0 Å². The van der Waals surface area contributed by atoms with E-state index in [1.807, 2.05) is 13.8 Å². The maximum absolute atomic E-state index is 13.1. The summed E-state index contributed by atoms with van der Waals surface area (Å²) in [5, 5.41) is 42.5. The van der Waals surface area contributed by atoms with Gasteiger partial charge < -0.3 is 25.2 Å². The molecule has 2 aliphatic carbocycles. The van der Waals surface area contributed by atoms with Crippen molar-refractivity contribution in [2.45, 2.75) is 89.8 Å². The lowest BCUT2D eigenvalue weighted by atomic mass is 9.76. The second-order valence-electron chi connectivity index (χ2n) is 8.83. The fourth-order valence-electron chi connectivity index (χ4n) is 4.07. The molecule has 0 aromatic rings. The Morgan fingerprint density at radius 2 is 1.85 bits per heavy atom. The van der Waals surface area contributed by atoms with Gasteiger partial charge in [-0.25, -0.2) is 4.79 Å². The number of esters is 1. The lowest BCUT2D eigenvalue weighted by molar-refractivity contribution is -0.213. The van der Waals surface area contributed by atoms with Gasteiger partial charge in [0, 0.05) is 11.5 Å². The molecule has 0 aliphatic heterocycles. The van der Waals surface area contributed by atoms with Crippen LogP contribution >= 0.6 is 0 Å². The van der Waals surface area contributed by atoms with Crippen LogP contribution in [0.15, 0.2) is 11.1 Å². The molecule has 0 spiro atoms. The zero-order valence-electron chi connectivity index (χ0n) is 16.9. The van der Waals surface area contributed by atoms with E-state index in [1.54, 1.807) is 6.92 Å². The predicted octanol–water partition coefficient (Wildman–Crippen LogP) is 0.867. The standard InChI is InChI=1S/C20H32O7/c1-10(2)13-9-14(27-17(23)18(5,24)12(4)21)19(6,25)20(26)8-7-11(3)15(20)16(13)22/h10,12-14,21,24-26H,7-9H2,1-6H3/t12-,13-,14-,18+,19-,20-/m0/s1. The molecule has 0 unspecified atom stereocenters. The summed E-state index contributed by atoms with van der Waals surface area (Å²) in [5.41, 5.74) is -4.99. The van der Waals surface area contributed by atoms with Crippen molar-refractivity contribution in [3.63, 3.8) is 0 Å². The Hall–Kier alpha value is -1.28. The van der Waals surface area contributed by atoms with Gasteiger partial charge in [0.2, 0.25) is 0 Å². The molecule has 0 bridgehead atoms. The summed E-state index contributed by atoms with van der Waals surface area (Å²) in [4.78, 5) is 25.6. The average molecular weight is 384 g/mol. The summed E-state index contributed by atoms with van der Waals surface area (Å²) in [6, 6.07) is 0. The van der Waals surface area contributed by atoms with Crippen LogP contribution in [-0.4, -0.2) is 61.2 Å². The minimum Gasteiger partial charge on any atom is -0.457 e. The van der Waals surface area contributed by atoms with Crippen LogP contribution in [0, 0.1) is 11.8 Å². The van der Waals surface area contributed by atoms with Gasteiger partial charge >= 0.3 is 5.97 Å². The van der Waals surface area contributed by atoms with Gasteiger partial charge in [-0.15, -0.1) is 0 Å². The summed E-state index contributed by atoms with van der Waals surface area (Å²) in [6.07, 6.45) is -1.98. The fraction of sp³-hybridized carbons (Fsp3) is 0.800. The van der Waals surface area contributed by atoms with Crippen LogP contribution in [-0.2, 0) is 14.3 Å². The molecular weight excluding hydrogens is 352 g/mol. The van der Waals surface area contributed by atoms with E-state index in [9.17, 15) is 30.0 Å². The molecule has 0 amide bonds. The van der Waals surface area contributed by atoms with E-state index in [-0.39, 0.29) is 30.1 Å². The molecule has 4 N–H and O–H groups in total. The van der Waals surface area contributed by atoms with Crippen molar-refractivity contribution < 1.29 is 34.8 Å². The molecular formula is C20H32O7. The number of carbonyl (C=O) groups excluding carboxylic acids is 2. The Bertz CT molecular complexity index is 659. The molecule has 0 saturated heterocycles. The van der Waals surface area contributed by atoms with Crippen LogP contribution in [0.1, 0.15) is 60.8 Å². The molecule has 27 heavy (non-hydrogen) atoms. The Kier molecular flexibility index (Phi) is 5.67. The number of Topliss-reactive ketones (excluding diaryl/α,β-unsaturated/α-hetero) is 1. The van der Waals surface area contributed by atoms with E-state index >= 15 is 0 Å². The zero-order chi connectivity index (χ0) is 20.9. The molecule has 7 nitrogen and oxygen atoms in total. The number of ether oxygens (including phenoxy) is 1. The van der Waals surface area contributed by atoms with Crippen LogP contribution < -0.4 is 0 Å². The number of hydrogen-bond donors (Lipinski definition) is 4. The van der Waals surface area contributed by atoms with Crippen LogP contribution in [0.4, 0.5) is 0 Å². The molecule has 0 aromatic heterocycles. The predicted molar refractivity (Wildman–Crippen MR) is 97.6 cm³/mol. The number of aliphatic hydroxyl groups excluding tert-OH is 1. The van der Waals surface area contributed by atoms with Gasteiger partial charge in [0.05, 0.1) is 6.10 Å². The van der Waals surface area contributed by atoms with Crippen molar-refractivity contribution in [1.29, 1.82) is 0 Å². The van der Waals surface area contributed by atoms with Crippen molar-refractivity contribution in [2.24, 2.45) is 11.8 Å². The third-order valence-electron chi connectivity index (χ3n) is 6.50. The minimum absolute atomic E-state index is 0.0181. The van der Waals surface area contributed by atoms with Crippen LogP contribution in [0.25, 0.3) is 0 Å². The number of hydrogen-bond acceptors (Lipinski definition) is 7. The van der Waals surface area contributed by atoms with Crippen molar-refractivity contribution in [3.8, 4) is 0 Å². The molecule has 0 aromatic carbocycles. The van der Waals surface area contributed by atoms with Crippen LogP contribution in [0.3, 0.4) is 0 Å². The molecule has 0 radical (unpaired) electrons. The van der Waals surface area contributed by atoms with E-state index in [2.05, 4.69) is 0 Å².